The molecule has 0 aliphatic carbocycles. The maximum absolute atomic E-state index is 9.89. The molecule has 0 bridgehead atoms. The molecule has 0 unspecified atom stereocenters. The van der Waals surface area contributed by atoms with Crippen molar-refractivity contribution in [3.8, 4) is 45.5 Å². The van der Waals surface area contributed by atoms with Crippen molar-refractivity contribution in [2.24, 2.45) is 0 Å². The summed E-state index contributed by atoms with van der Waals surface area (Å²) in [6.07, 6.45) is 0. The zero-order chi connectivity index (χ0) is 54.9. The molecule has 8 aromatic carbocycles. The predicted octanol–water partition coefficient (Wildman–Crippen LogP) is 13.4. The fourth-order valence-electron chi connectivity index (χ4n) is 7.26. The average molecular weight is 766 g/mol. The molecule has 6 heteroatoms. The van der Waals surface area contributed by atoms with E-state index in [0.717, 1.165) is 34.9 Å². The minimum absolute atomic E-state index is 0.220. The van der Waals surface area contributed by atoms with Crippen LogP contribution in [0.15, 0.2) is 188 Å². The molecular formula is C51H31N5S. The number of rotatable bonds is 5. The second-order valence-corrected chi connectivity index (χ2v) is 14.0. The third kappa shape index (κ3) is 5.04. The first-order valence-electron chi connectivity index (χ1n) is 27.5. The Labute approximate surface area is 359 Å². The zero-order valence-electron chi connectivity index (χ0n) is 49.0. The lowest BCUT2D eigenvalue weighted by Crippen LogP contribution is -2.10. The Morgan fingerprint density at radius 2 is 0.965 bits per heavy atom. The summed E-state index contributed by atoms with van der Waals surface area (Å²) in [5.74, 6) is -1.35. The lowest BCUT2D eigenvalue weighted by molar-refractivity contribution is 0.893. The second-order valence-electron chi connectivity index (χ2n) is 13.0. The molecule has 0 atom stereocenters. The maximum Gasteiger partial charge on any atom is 0.240 e. The highest BCUT2D eigenvalue weighted by Gasteiger charge is 2.21. The maximum atomic E-state index is 9.89. The van der Waals surface area contributed by atoms with E-state index in [1.807, 2.05) is 48.5 Å². The van der Waals surface area contributed by atoms with Crippen LogP contribution in [0.3, 0.4) is 0 Å². The van der Waals surface area contributed by atoms with Gasteiger partial charge in [0.05, 0.1) is 49.5 Å². The molecular weight excluding hydrogens is 715 g/mol. The fourth-order valence-corrected chi connectivity index (χ4v) is 8.40. The lowest BCUT2D eigenvalue weighted by Gasteiger charge is -2.13. The van der Waals surface area contributed by atoms with Crippen molar-refractivity contribution in [2.45, 2.75) is 0 Å². The van der Waals surface area contributed by atoms with Crippen LogP contribution in [0.4, 0.5) is 0 Å². The summed E-state index contributed by atoms with van der Waals surface area (Å²) in [6.45, 7) is 0. The van der Waals surface area contributed by atoms with Gasteiger partial charge >= 0.3 is 0 Å². The Hall–Kier alpha value is -7.41. The normalized spacial score (nSPS) is 16.8. The van der Waals surface area contributed by atoms with Gasteiger partial charge in [0.15, 0.2) is 5.82 Å². The highest BCUT2D eigenvalue weighted by Crippen LogP contribution is 2.39. The third-order valence-corrected chi connectivity index (χ3v) is 10.9. The molecule has 0 amide bonds. The van der Waals surface area contributed by atoms with Crippen LogP contribution < -0.4 is 0 Å². The molecule has 57 heavy (non-hydrogen) atoms. The van der Waals surface area contributed by atoms with Gasteiger partial charge in [0.25, 0.3) is 0 Å². The zero-order valence-corrected chi connectivity index (χ0v) is 29.8. The summed E-state index contributed by atoms with van der Waals surface area (Å²) in [4.78, 5) is 14.6. The van der Waals surface area contributed by atoms with Gasteiger partial charge < -0.3 is 0 Å². The molecule has 0 aliphatic rings. The van der Waals surface area contributed by atoms with E-state index >= 15 is 0 Å². The van der Waals surface area contributed by atoms with Crippen molar-refractivity contribution in [3.63, 3.8) is 0 Å². The number of aromatic nitrogens is 5. The smallest absolute Gasteiger partial charge is 0.240 e. The molecule has 4 aromatic heterocycles. The Morgan fingerprint density at radius 1 is 0.386 bits per heavy atom. The first-order valence-corrected chi connectivity index (χ1v) is 18.3. The second kappa shape index (κ2) is 12.6. The van der Waals surface area contributed by atoms with Crippen LogP contribution in [0.1, 0.15) is 27.4 Å². The molecule has 0 spiro atoms. The van der Waals surface area contributed by atoms with Gasteiger partial charge in [-0.05, 0) is 64.6 Å². The highest BCUT2D eigenvalue weighted by atomic mass is 32.1. The number of benzene rings is 8. The number of hydrogen-bond acceptors (Lipinski definition) is 4. The van der Waals surface area contributed by atoms with Gasteiger partial charge in [-0.3, -0.25) is 9.13 Å². The van der Waals surface area contributed by atoms with Crippen molar-refractivity contribution in [1.82, 2.24) is 24.1 Å². The highest BCUT2D eigenvalue weighted by molar-refractivity contribution is 7.25. The Morgan fingerprint density at radius 3 is 1.68 bits per heavy atom. The van der Waals surface area contributed by atoms with E-state index in [1.165, 1.54) is 0 Å². The molecule has 4 heterocycles. The van der Waals surface area contributed by atoms with Gasteiger partial charge in [-0.2, -0.15) is 15.0 Å². The van der Waals surface area contributed by atoms with E-state index in [-0.39, 0.29) is 38.6 Å². The fraction of sp³-hybridized carbons (Fsp3) is 0. The van der Waals surface area contributed by atoms with Gasteiger partial charge in [-0.25, -0.2) is 0 Å². The minimum atomic E-state index is -0.819. The molecule has 0 aliphatic heterocycles. The van der Waals surface area contributed by atoms with Gasteiger partial charge in [0.1, 0.15) is 0 Å². The third-order valence-electron chi connectivity index (χ3n) is 9.78. The topological polar surface area (TPSA) is 48.5 Å². The van der Waals surface area contributed by atoms with Crippen molar-refractivity contribution in [2.75, 3.05) is 0 Å². The molecule has 12 aromatic rings. The van der Waals surface area contributed by atoms with E-state index < -0.39 is 160 Å². The predicted molar refractivity (Wildman–Crippen MR) is 238 cm³/mol. The van der Waals surface area contributed by atoms with Crippen LogP contribution in [-0.2, 0) is 0 Å². The SMILES string of the molecule is [2H]c1c([2H])c([2H])c(-c2c([2H])c([2H])c3c4c([2H])c([2H])c([2H])c([2H])c4n(-c4nc(-c5cccc(-c6ccc7c(c6)sc6ccccc67)c5)nc(-n5c6c([2H])c([2H])c([2H])c([2H])c6c6c([2H])c([2H])c([2H])c([2H])c65)n4)c3c2[2H])c([2H])c1[2H]. The first-order chi connectivity index (χ1) is 36.6. The quantitative estimate of drug-likeness (QED) is 0.175. The van der Waals surface area contributed by atoms with Crippen LogP contribution in [0, 0.1) is 0 Å². The van der Waals surface area contributed by atoms with Crippen molar-refractivity contribution in [1.29, 1.82) is 0 Å². The van der Waals surface area contributed by atoms with E-state index in [2.05, 4.69) is 0 Å². The van der Waals surface area contributed by atoms with Gasteiger partial charge in [0, 0.05) is 47.3 Å². The van der Waals surface area contributed by atoms with E-state index in [0.29, 0.717) is 5.56 Å². The number of nitrogens with zero attached hydrogens (tertiary/aromatic N) is 5. The van der Waals surface area contributed by atoms with Crippen molar-refractivity contribution in [3.05, 3.63) is 188 Å². The van der Waals surface area contributed by atoms with Crippen LogP contribution in [-0.4, -0.2) is 24.1 Å². The molecule has 0 saturated carbocycles. The van der Waals surface area contributed by atoms with Crippen molar-refractivity contribution < 1.29 is 27.4 Å². The molecule has 0 N–H and O–H groups in total. The number of hydrogen-bond donors (Lipinski definition) is 0. The minimum Gasteiger partial charge on any atom is -0.278 e. The van der Waals surface area contributed by atoms with Crippen LogP contribution in [0.5, 0.6) is 0 Å². The molecule has 266 valence electrons. The summed E-state index contributed by atoms with van der Waals surface area (Å²) in [5.41, 5.74) is -1.24. The number of thiophene rings is 1. The Bertz CT molecular complexity index is 4610. The number of para-hydroxylation sites is 3. The monoisotopic (exact) mass is 765 g/mol. The van der Waals surface area contributed by atoms with Gasteiger partial charge in [-0.15, -0.1) is 11.3 Å². The van der Waals surface area contributed by atoms with Crippen LogP contribution in [0.25, 0.3) is 109 Å². The van der Waals surface area contributed by atoms with Crippen LogP contribution >= 0.6 is 11.3 Å². The summed E-state index contributed by atoms with van der Waals surface area (Å²) in [7, 11) is 0. The number of fused-ring (bicyclic) bond motifs is 9. The van der Waals surface area contributed by atoms with Crippen LogP contribution in [0.2, 0.25) is 0 Å². The van der Waals surface area contributed by atoms with E-state index in [9.17, 15) is 9.60 Å². The molecule has 12 rings (SSSR count). The molecule has 0 saturated heterocycles. The summed E-state index contributed by atoms with van der Waals surface area (Å²) < 4.78 is 183. The molecule has 0 radical (unpaired) electrons. The Kier molecular flexibility index (Phi) is 3.97. The summed E-state index contributed by atoms with van der Waals surface area (Å²) >= 11 is 1.61. The summed E-state index contributed by atoms with van der Waals surface area (Å²) in [5, 5.41) is 0.711. The van der Waals surface area contributed by atoms with E-state index in [4.69, 9.17) is 32.8 Å². The van der Waals surface area contributed by atoms with E-state index in [1.54, 1.807) is 29.5 Å². The largest absolute Gasteiger partial charge is 0.278 e. The molecule has 0 fully saturated rings. The van der Waals surface area contributed by atoms with Gasteiger partial charge in [-0.1, -0.05) is 145 Å². The summed E-state index contributed by atoms with van der Waals surface area (Å²) in [6, 6.07) is 5.87. The first kappa shape index (κ1) is 18.0. The van der Waals surface area contributed by atoms with Gasteiger partial charge in [0.2, 0.25) is 11.9 Å². The van der Waals surface area contributed by atoms with Crippen molar-refractivity contribution >= 4 is 75.1 Å². The Balaban J connectivity index is 1.26. The standard InChI is InChI=1S/C51H31N5S/c1-2-13-32(14-3-1)34-25-27-40-39-19-6-10-23-45(39)56(46(40)30-34)51-53-49(52-50(54-51)55-43-21-8-4-17-37(43)38-18-5-9-22-44(38)55)36-16-12-15-33(29-36)35-26-28-42-41-20-7-11-24-47(41)57-48(42)31-35/h1-31H/i1D,2D,3D,4D,5D,6D,8D,9D,10D,13D,14D,17D,18D,19D,21D,22D,23D,25D,27D,30D. The molecule has 5 nitrogen and oxygen atoms in total. The average Bonchev–Trinajstić information content (AvgIpc) is 4.28. The lowest BCUT2D eigenvalue weighted by atomic mass is 10.0.